The lowest BCUT2D eigenvalue weighted by Gasteiger charge is -2.26. The first kappa shape index (κ1) is 6.75. The first-order chi connectivity index (χ1) is 4.10. The molecule has 0 aromatic carbocycles. The van der Waals surface area contributed by atoms with E-state index in [0.29, 0.717) is 12.8 Å². The van der Waals surface area contributed by atoms with Crippen molar-refractivity contribution in [2.45, 2.75) is 38.2 Å². The van der Waals surface area contributed by atoms with Crippen molar-refractivity contribution >= 4 is 5.78 Å². The van der Waals surface area contributed by atoms with Gasteiger partial charge in [0.05, 0.1) is 5.60 Å². The summed E-state index contributed by atoms with van der Waals surface area (Å²) >= 11 is 0. The quantitative estimate of drug-likeness (QED) is 0.526. The maximum absolute atomic E-state index is 10.7. The summed E-state index contributed by atoms with van der Waals surface area (Å²) in [5.74, 6) is 0.200. The van der Waals surface area contributed by atoms with Crippen molar-refractivity contribution in [3.63, 3.8) is 0 Å². The second kappa shape index (κ2) is 2.10. The Bertz CT molecular complexity index is 127. The number of hydrogen-bond acceptors (Lipinski definition) is 2. The second-order valence-corrected chi connectivity index (χ2v) is 3.07. The largest absolute Gasteiger partial charge is 0.390 e. The summed E-state index contributed by atoms with van der Waals surface area (Å²) in [4.78, 5) is 10.7. The number of aliphatic hydroxyl groups is 1. The van der Waals surface area contributed by atoms with Gasteiger partial charge in [0.2, 0.25) is 0 Å². The maximum atomic E-state index is 10.7. The number of Topliss-reactive ketones (excluding diaryl/α,β-unsaturated/α-hetero) is 1. The molecule has 0 aromatic rings. The molecule has 1 saturated carbocycles. The first-order valence-electron chi connectivity index (χ1n) is 3.34. The number of ketones is 1. The molecule has 0 aromatic heterocycles. The molecule has 0 bridgehead atoms. The maximum Gasteiger partial charge on any atom is 0.135 e. The van der Waals surface area contributed by atoms with Crippen molar-refractivity contribution in [2.75, 3.05) is 0 Å². The standard InChI is InChI=1S/C7H12O2/c1-7(9)4-2-3-6(8)5-7/h9H,2-5H2,1H3. The highest BCUT2D eigenvalue weighted by molar-refractivity contribution is 5.80. The Kier molecular flexibility index (Phi) is 1.58. The van der Waals surface area contributed by atoms with Gasteiger partial charge in [-0.3, -0.25) is 4.79 Å². The van der Waals surface area contributed by atoms with E-state index in [9.17, 15) is 9.90 Å². The molecule has 0 saturated heterocycles. The molecule has 2 nitrogen and oxygen atoms in total. The zero-order chi connectivity index (χ0) is 6.91. The van der Waals surface area contributed by atoms with Crippen LogP contribution in [0.4, 0.5) is 0 Å². The fraction of sp³-hybridized carbons (Fsp3) is 0.857. The Morgan fingerprint density at radius 1 is 1.67 bits per heavy atom. The van der Waals surface area contributed by atoms with Gasteiger partial charge in [0.25, 0.3) is 0 Å². The average Bonchev–Trinajstić information content (AvgIpc) is 1.60. The molecular weight excluding hydrogens is 116 g/mol. The SMILES string of the molecule is CC1(O)CCCC(=O)C1. The van der Waals surface area contributed by atoms with Crippen LogP contribution in [0.3, 0.4) is 0 Å². The predicted octanol–water partition coefficient (Wildman–Crippen LogP) is 0.881. The van der Waals surface area contributed by atoms with Crippen LogP contribution in [0.5, 0.6) is 0 Å². The summed E-state index contributed by atoms with van der Waals surface area (Å²) in [6.07, 6.45) is 2.65. The van der Waals surface area contributed by atoms with Crippen LogP contribution >= 0.6 is 0 Å². The van der Waals surface area contributed by atoms with Gasteiger partial charge in [-0.1, -0.05) is 0 Å². The Hall–Kier alpha value is -0.370. The van der Waals surface area contributed by atoms with E-state index in [4.69, 9.17) is 0 Å². The van der Waals surface area contributed by atoms with Gasteiger partial charge in [-0.25, -0.2) is 0 Å². The third kappa shape index (κ3) is 1.79. The van der Waals surface area contributed by atoms with Crippen LogP contribution in [-0.2, 0) is 4.79 Å². The minimum absolute atomic E-state index is 0.200. The molecule has 0 aliphatic heterocycles. The van der Waals surface area contributed by atoms with Crippen LogP contribution in [-0.4, -0.2) is 16.5 Å². The van der Waals surface area contributed by atoms with E-state index in [1.807, 2.05) is 0 Å². The third-order valence-corrected chi connectivity index (χ3v) is 1.75. The molecular formula is C7H12O2. The average molecular weight is 128 g/mol. The molecule has 52 valence electrons. The highest BCUT2D eigenvalue weighted by Crippen LogP contribution is 2.24. The number of rotatable bonds is 0. The Morgan fingerprint density at radius 3 is 2.67 bits per heavy atom. The highest BCUT2D eigenvalue weighted by Gasteiger charge is 2.27. The van der Waals surface area contributed by atoms with Crippen LogP contribution in [0.2, 0.25) is 0 Å². The number of hydrogen-bond donors (Lipinski definition) is 1. The lowest BCUT2D eigenvalue weighted by molar-refractivity contribution is -0.126. The third-order valence-electron chi connectivity index (χ3n) is 1.75. The fourth-order valence-corrected chi connectivity index (χ4v) is 1.27. The number of carbonyl (C=O) groups is 1. The molecule has 0 amide bonds. The zero-order valence-electron chi connectivity index (χ0n) is 5.68. The summed E-state index contributed by atoms with van der Waals surface area (Å²) in [6, 6.07) is 0. The van der Waals surface area contributed by atoms with Crippen LogP contribution in [0.25, 0.3) is 0 Å². The molecule has 1 N–H and O–H groups in total. The van der Waals surface area contributed by atoms with Gasteiger partial charge >= 0.3 is 0 Å². The number of carbonyl (C=O) groups excluding carboxylic acids is 1. The Labute approximate surface area is 54.9 Å². The minimum Gasteiger partial charge on any atom is -0.390 e. The van der Waals surface area contributed by atoms with Crippen LogP contribution in [0, 0.1) is 0 Å². The van der Waals surface area contributed by atoms with E-state index >= 15 is 0 Å². The molecule has 1 unspecified atom stereocenters. The molecule has 1 atom stereocenters. The van der Waals surface area contributed by atoms with Crippen molar-refractivity contribution in [1.82, 2.24) is 0 Å². The van der Waals surface area contributed by atoms with Crippen LogP contribution < -0.4 is 0 Å². The van der Waals surface area contributed by atoms with Crippen LogP contribution in [0.1, 0.15) is 32.6 Å². The van der Waals surface area contributed by atoms with Gasteiger partial charge in [-0.15, -0.1) is 0 Å². The zero-order valence-corrected chi connectivity index (χ0v) is 5.68. The van der Waals surface area contributed by atoms with Crippen molar-refractivity contribution in [3.8, 4) is 0 Å². The van der Waals surface area contributed by atoms with Gasteiger partial charge in [-0.2, -0.15) is 0 Å². The van der Waals surface area contributed by atoms with E-state index in [1.165, 1.54) is 0 Å². The summed E-state index contributed by atoms with van der Waals surface area (Å²) in [5.41, 5.74) is -0.699. The fourth-order valence-electron chi connectivity index (χ4n) is 1.27. The van der Waals surface area contributed by atoms with Gasteiger partial charge in [0.15, 0.2) is 0 Å². The lowest BCUT2D eigenvalue weighted by atomic mass is 9.86. The molecule has 1 rings (SSSR count). The normalized spacial score (nSPS) is 36.9. The molecule has 2 heteroatoms. The Morgan fingerprint density at radius 2 is 2.33 bits per heavy atom. The summed E-state index contributed by atoms with van der Waals surface area (Å²) in [7, 11) is 0. The van der Waals surface area contributed by atoms with Crippen molar-refractivity contribution < 1.29 is 9.90 Å². The van der Waals surface area contributed by atoms with Crippen molar-refractivity contribution in [3.05, 3.63) is 0 Å². The first-order valence-corrected chi connectivity index (χ1v) is 3.34. The van der Waals surface area contributed by atoms with E-state index in [1.54, 1.807) is 6.92 Å². The predicted molar refractivity (Wildman–Crippen MR) is 34.1 cm³/mol. The highest BCUT2D eigenvalue weighted by atomic mass is 16.3. The van der Waals surface area contributed by atoms with Gasteiger partial charge in [0, 0.05) is 12.8 Å². The van der Waals surface area contributed by atoms with E-state index in [2.05, 4.69) is 0 Å². The minimum atomic E-state index is -0.699. The van der Waals surface area contributed by atoms with Crippen molar-refractivity contribution in [2.24, 2.45) is 0 Å². The lowest BCUT2D eigenvalue weighted by Crippen LogP contribution is -2.31. The van der Waals surface area contributed by atoms with Gasteiger partial charge < -0.3 is 5.11 Å². The molecule has 0 radical (unpaired) electrons. The smallest absolute Gasteiger partial charge is 0.135 e. The van der Waals surface area contributed by atoms with E-state index < -0.39 is 5.60 Å². The summed E-state index contributed by atoms with van der Waals surface area (Å²) < 4.78 is 0. The monoisotopic (exact) mass is 128 g/mol. The van der Waals surface area contributed by atoms with Crippen LogP contribution in [0.15, 0.2) is 0 Å². The molecule has 1 fully saturated rings. The van der Waals surface area contributed by atoms with E-state index in [0.717, 1.165) is 12.8 Å². The van der Waals surface area contributed by atoms with Gasteiger partial charge in [-0.05, 0) is 19.8 Å². The Balaban J connectivity index is 2.51. The topological polar surface area (TPSA) is 37.3 Å². The summed E-state index contributed by atoms with van der Waals surface area (Å²) in [5, 5.41) is 9.32. The molecule has 0 spiro atoms. The van der Waals surface area contributed by atoms with E-state index in [-0.39, 0.29) is 5.78 Å². The van der Waals surface area contributed by atoms with Gasteiger partial charge in [0.1, 0.15) is 5.78 Å². The molecule has 1 aliphatic rings. The summed E-state index contributed by atoms with van der Waals surface area (Å²) in [6.45, 7) is 1.73. The van der Waals surface area contributed by atoms with Crippen molar-refractivity contribution in [1.29, 1.82) is 0 Å². The molecule has 1 aliphatic carbocycles. The molecule has 0 heterocycles. The second-order valence-electron chi connectivity index (χ2n) is 3.07. The molecule has 9 heavy (non-hydrogen) atoms.